The molecule has 1 amide bonds. The van der Waals surface area contributed by atoms with Gasteiger partial charge in [-0.1, -0.05) is 11.6 Å². The van der Waals surface area contributed by atoms with E-state index in [4.69, 9.17) is 4.52 Å². The fourth-order valence-corrected chi connectivity index (χ4v) is 4.31. The van der Waals surface area contributed by atoms with Gasteiger partial charge in [-0.2, -0.15) is 10.5 Å². The van der Waals surface area contributed by atoms with Gasteiger partial charge in [0.25, 0.3) is 0 Å². The first-order valence-corrected chi connectivity index (χ1v) is 9.99. The molecule has 1 heterocycles. The van der Waals surface area contributed by atoms with Gasteiger partial charge in [-0.3, -0.25) is 10.1 Å². The molecule has 1 N–H and O–H groups in total. The number of hydrogen-bond donors (Lipinski definition) is 1. The van der Waals surface area contributed by atoms with Crippen molar-refractivity contribution in [3.05, 3.63) is 46.6 Å². The maximum atomic E-state index is 13.9. The van der Waals surface area contributed by atoms with Crippen molar-refractivity contribution in [3.8, 4) is 12.1 Å². The van der Waals surface area contributed by atoms with Crippen molar-refractivity contribution in [1.29, 1.82) is 10.5 Å². The summed E-state index contributed by atoms with van der Waals surface area (Å²) in [6.45, 7) is 0. The van der Waals surface area contributed by atoms with Gasteiger partial charge in [0.15, 0.2) is 0 Å². The third-order valence-electron chi connectivity index (χ3n) is 6.07. The van der Waals surface area contributed by atoms with E-state index in [0.29, 0.717) is 11.5 Å². The van der Waals surface area contributed by atoms with Gasteiger partial charge < -0.3 is 4.52 Å². The molecule has 4 rings (SSSR count). The van der Waals surface area contributed by atoms with Gasteiger partial charge in [0, 0.05) is 24.8 Å². The van der Waals surface area contributed by atoms with Crippen LogP contribution in [0.4, 0.5) is 14.7 Å². The summed E-state index contributed by atoms with van der Waals surface area (Å²) in [6.07, 6.45) is 2.64. The van der Waals surface area contributed by atoms with Crippen LogP contribution in [0.15, 0.2) is 28.8 Å². The van der Waals surface area contributed by atoms with Crippen LogP contribution in [0.25, 0.3) is 0 Å². The molecule has 8 heteroatoms. The smallest absolute Gasteiger partial charge is 0.248 e. The van der Waals surface area contributed by atoms with Crippen LogP contribution in [0.2, 0.25) is 0 Å². The van der Waals surface area contributed by atoms with E-state index in [1.807, 2.05) is 12.1 Å². The van der Waals surface area contributed by atoms with E-state index in [1.54, 1.807) is 6.07 Å². The minimum Gasteiger partial charge on any atom is -0.338 e. The Morgan fingerprint density at radius 1 is 1.17 bits per heavy atom. The maximum Gasteiger partial charge on any atom is 0.248 e. The number of hydrogen-bond acceptors (Lipinski definition) is 5. The molecule has 0 aliphatic heterocycles. The van der Waals surface area contributed by atoms with Gasteiger partial charge in [0.1, 0.15) is 0 Å². The number of benzene rings is 1. The highest BCUT2D eigenvalue weighted by molar-refractivity contribution is 5.95. The second kappa shape index (κ2) is 7.87. The quantitative estimate of drug-likeness (QED) is 0.759. The molecule has 1 aromatic heterocycles. The Morgan fingerprint density at radius 2 is 1.87 bits per heavy atom. The first-order chi connectivity index (χ1) is 14.4. The summed E-state index contributed by atoms with van der Waals surface area (Å²) in [6, 6.07) is 9.98. The number of rotatable bonds is 5. The summed E-state index contributed by atoms with van der Waals surface area (Å²) in [5, 5.41) is 25.2. The van der Waals surface area contributed by atoms with Crippen LogP contribution in [0.5, 0.6) is 0 Å². The highest BCUT2D eigenvalue weighted by Crippen LogP contribution is 2.46. The number of anilines is 1. The lowest BCUT2D eigenvalue weighted by molar-refractivity contribution is -0.119. The lowest BCUT2D eigenvalue weighted by atomic mass is 9.82. The van der Waals surface area contributed by atoms with Crippen molar-refractivity contribution in [2.45, 2.75) is 56.3 Å². The molecule has 0 spiro atoms. The first kappa shape index (κ1) is 20.0. The van der Waals surface area contributed by atoms with Crippen LogP contribution < -0.4 is 5.32 Å². The zero-order chi connectivity index (χ0) is 21.3. The monoisotopic (exact) mass is 410 g/mol. The van der Waals surface area contributed by atoms with Crippen molar-refractivity contribution in [2.75, 3.05) is 5.32 Å². The van der Waals surface area contributed by atoms with E-state index < -0.39 is 30.1 Å². The molecular weight excluding hydrogens is 390 g/mol. The van der Waals surface area contributed by atoms with Gasteiger partial charge in [0.2, 0.25) is 17.7 Å². The second-order valence-corrected chi connectivity index (χ2v) is 8.14. The minimum absolute atomic E-state index is 0.174. The number of nitrogens with zero attached hydrogens (tertiary/aromatic N) is 3. The van der Waals surface area contributed by atoms with Crippen LogP contribution in [-0.2, 0) is 4.79 Å². The number of carbonyl (C=O) groups excluding carboxylic acids is 1. The van der Waals surface area contributed by atoms with Crippen LogP contribution in [-0.4, -0.2) is 17.0 Å². The van der Waals surface area contributed by atoms with Gasteiger partial charge >= 0.3 is 0 Å². The van der Waals surface area contributed by atoms with E-state index in [2.05, 4.69) is 10.5 Å². The van der Waals surface area contributed by atoms with E-state index in [0.717, 1.165) is 25.0 Å². The average molecular weight is 410 g/mol. The summed E-state index contributed by atoms with van der Waals surface area (Å²) < 4.78 is 33.1. The first-order valence-electron chi connectivity index (χ1n) is 9.99. The standard InChI is InChI=1S/C22H20F2N4O2/c23-22(24)5-4-16(10-22)20(17-7-13(11-25)6-14(8-17)12-26)21(29)27-19-9-18(28-30-19)15-2-1-3-15/h6-9,15-16,20H,1-5,10H2,(H,27,29)/t16-,20+/m1/s1. The van der Waals surface area contributed by atoms with Crippen LogP contribution >= 0.6 is 0 Å². The molecular formula is C22H20F2N4O2. The number of carbonyl (C=O) groups is 1. The molecule has 154 valence electrons. The average Bonchev–Trinajstić information content (AvgIpc) is 3.26. The molecule has 30 heavy (non-hydrogen) atoms. The van der Waals surface area contributed by atoms with E-state index in [9.17, 15) is 24.1 Å². The number of halogens is 2. The topological polar surface area (TPSA) is 103 Å². The van der Waals surface area contributed by atoms with Gasteiger partial charge in [-0.05, 0) is 48.9 Å². The lowest BCUT2D eigenvalue weighted by Gasteiger charge is -2.23. The molecule has 0 saturated heterocycles. The van der Waals surface area contributed by atoms with Crippen molar-refractivity contribution < 1.29 is 18.1 Å². The molecule has 0 unspecified atom stereocenters. The van der Waals surface area contributed by atoms with E-state index >= 15 is 0 Å². The minimum atomic E-state index is -2.84. The molecule has 2 saturated carbocycles. The third kappa shape index (κ3) is 4.04. The number of nitrogens with one attached hydrogen (secondary N) is 1. The summed E-state index contributed by atoms with van der Waals surface area (Å²) in [5.41, 5.74) is 1.57. The van der Waals surface area contributed by atoms with Crippen molar-refractivity contribution in [2.24, 2.45) is 5.92 Å². The van der Waals surface area contributed by atoms with Gasteiger partial charge in [-0.15, -0.1) is 0 Å². The summed E-state index contributed by atoms with van der Waals surface area (Å²) in [7, 11) is 0. The molecule has 2 fully saturated rings. The van der Waals surface area contributed by atoms with E-state index in [1.165, 1.54) is 18.2 Å². The molecule has 0 radical (unpaired) electrons. The molecule has 6 nitrogen and oxygen atoms in total. The Labute approximate surface area is 172 Å². The van der Waals surface area contributed by atoms with Crippen LogP contribution in [0.1, 0.15) is 72.7 Å². The highest BCUT2D eigenvalue weighted by Gasteiger charge is 2.45. The highest BCUT2D eigenvalue weighted by atomic mass is 19.3. The number of nitriles is 2. The van der Waals surface area contributed by atoms with Crippen LogP contribution in [0, 0.1) is 28.6 Å². The Hall–Kier alpha value is -3.26. The van der Waals surface area contributed by atoms with Crippen molar-refractivity contribution in [1.82, 2.24) is 5.16 Å². The zero-order valence-electron chi connectivity index (χ0n) is 16.2. The lowest BCUT2D eigenvalue weighted by Crippen LogP contribution is -2.27. The van der Waals surface area contributed by atoms with Crippen LogP contribution in [0.3, 0.4) is 0 Å². The molecule has 0 bridgehead atoms. The molecule has 2 aliphatic rings. The fraction of sp³-hybridized carbons (Fsp3) is 0.455. The molecule has 1 aromatic carbocycles. The number of alkyl halides is 2. The third-order valence-corrected chi connectivity index (χ3v) is 6.07. The summed E-state index contributed by atoms with van der Waals surface area (Å²) >= 11 is 0. The fourth-order valence-electron chi connectivity index (χ4n) is 4.31. The predicted octanol–water partition coefficient (Wildman–Crippen LogP) is 4.84. The largest absolute Gasteiger partial charge is 0.338 e. The van der Waals surface area contributed by atoms with Crippen molar-refractivity contribution >= 4 is 11.8 Å². The van der Waals surface area contributed by atoms with Gasteiger partial charge in [0.05, 0.1) is 34.9 Å². The maximum absolute atomic E-state index is 13.9. The predicted molar refractivity (Wildman–Crippen MR) is 103 cm³/mol. The second-order valence-electron chi connectivity index (χ2n) is 8.14. The zero-order valence-corrected chi connectivity index (χ0v) is 16.2. The number of aromatic nitrogens is 1. The Morgan fingerprint density at radius 3 is 2.40 bits per heavy atom. The Balaban J connectivity index is 1.63. The SMILES string of the molecule is N#Cc1cc(C#N)cc([C@@H](C(=O)Nc2cc(C3CCC3)no2)[C@@H]2CCC(F)(F)C2)c1. The summed E-state index contributed by atoms with van der Waals surface area (Å²) in [5.74, 6) is -4.39. The van der Waals surface area contributed by atoms with E-state index in [-0.39, 0.29) is 29.9 Å². The molecule has 2 atom stereocenters. The van der Waals surface area contributed by atoms with Crippen molar-refractivity contribution in [3.63, 3.8) is 0 Å². The van der Waals surface area contributed by atoms with Gasteiger partial charge in [-0.25, -0.2) is 8.78 Å². The molecule has 2 aromatic rings. The number of amides is 1. The summed E-state index contributed by atoms with van der Waals surface area (Å²) in [4.78, 5) is 13.2. The Bertz CT molecular complexity index is 1010. The Kier molecular flexibility index (Phi) is 5.26. The molecule has 2 aliphatic carbocycles. The normalized spacial score (nSPS) is 21.3.